The molecule has 1 aromatic heterocycles. The molecule has 1 heterocycles. The first kappa shape index (κ1) is 12.6. The summed E-state index contributed by atoms with van der Waals surface area (Å²) < 4.78 is 0. The van der Waals surface area contributed by atoms with Gasteiger partial charge in [-0.15, -0.1) is 11.3 Å². The van der Waals surface area contributed by atoms with Crippen molar-refractivity contribution < 1.29 is 5.11 Å². The molecule has 0 unspecified atom stereocenters. The van der Waals surface area contributed by atoms with Crippen molar-refractivity contribution in [3.05, 3.63) is 16.6 Å². The summed E-state index contributed by atoms with van der Waals surface area (Å²) >= 11 is 1.68. The zero-order valence-electron chi connectivity index (χ0n) is 9.52. The third-order valence-corrected chi connectivity index (χ3v) is 3.43. The summed E-state index contributed by atoms with van der Waals surface area (Å²) in [6.45, 7) is 6.22. The van der Waals surface area contributed by atoms with Crippen molar-refractivity contribution in [1.29, 1.82) is 0 Å². The largest absolute Gasteiger partial charge is 0.395 e. The van der Waals surface area contributed by atoms with Gasteiger partial charge in [0.25, 0.3) is 0 Å². The van der Waals surface area contributed by atoms with Crippen molar-refractivity contribution in [2.75, 3.05) is 13.2 Å². The third kappa shape index (κ3) is 3.89. The van der Waals surface area contributed by atoms with Gasteiger partial charge in [0.2, 0.25) is 0 Å². The zero-order chi connectivity index (χ0) is 11.1. The maximum Gasteiger partial charge on any atom is 0.107 e. The smallest absolute Gasteiger partial charge is 0.107 e. The zero-order valence-corrected chi connectivity index (χ0v) is 10.3. The lowest BCUT2D eigenvalue weighted by Crippen LogP contribution is -2.36. The Labute approximate surface area is 95.8 Å². The Morgan fingerprint density at radius 3 is 2.67 bits per heavy atom. The average molecular weight is 228 g/mol. The van der Waals surface area contributed by atoms with Gasteiger partial charge in [-0.1, -0.05) is 13.8 Å². The molecular weight excluding hydrogens is 208 g/mol. The first-order valence-corrected chi connectivity index (χ1v) is 6.43. The molecule has 0 saturated heterocycles. The van der Waals surface area contributed by atoms with Gasteiger partial charge in [0.1, 0.15) is 5.01 Å². The van der Waals surface area contributed by atoms with Gasteiger partial charge in [-0.05, 0) is 12.8 Å². The monoisotopic (exact) mass is 228 g/mol. The number of aliphatic hydroxyl groups excluding tert-OH is 1. The van der Waals surface area contributed by atoms with Gasteiger partial charge in [-0.25, -0.2) is 4.98 Å². The molecule has 0 aliphatic heterocycles. The molecule has 0 amide bonds. The lowest BCUT2D eigenvalue weighted by atomic mass is 10.1. The van der Waals surface area contributed by atoms with Crippen LogP contribution in [0.15, 0.2) is 11.6 Å². The van der Waals surface area contributed by atoms with E-state index < -0.39 is 0 Å². The summed E-state index contributed by atoms with van der Waals surface area (Å²) in [5.41, 5.74) is 0. The number of rotatable bonds is 7. The topological polar surface area (TPSA) is 36.4 Å². The van der Waals surface area contributed by atoms with Crippen molar-refractivity contribution in [3.8, 4) is 0 Å². The lowest BCUT2D eigenvalue weighted by Gasteiger charge is -2.28. The second-order valence-electron chi connectivity index (χ2n) is 3.59. The SMILES string of the molecule is CCC(CC)N(CCO)Cc1nccs1. The Hall–Kier alpha value is -0.450. The molecule has 0 saturated carbocycles. The van der Waals surface area contributed by atoms with E-state index in [0.29, 0.717) is 6.04 Å². The third-order valence-electron chi connectivity index (χ3n) is 2.67. The highest BCUT2D eigenvalue weighted by Crippen LogP contribution is 2.14. The molecule has 86 valence electrons. The molecule has 0 aliphatic carbocycles. The van der Waals surface area contributed by atoms with E-state index in [2.05, 4.69) is 23.7 Å². The summed E-state index contributed by atoms with van der Waals surface area (Å²) in [6, 6.07) is 0.557. The summed E-state index contributed by atoms with van der Waals surface area (Å²) in [6.07, 6.45) is 4.09. The molecule has 3 nitrogen and oxygen atoms in total. The van der Waals surface area contributed by atoms with Crippen molar-refractivity contribution in [2.24, 2.45) is 0 Å². The van der Waals surface area contributed by atoms with Crippen molar-refractivity contribution in [1.82, 2.24) is 9.88 Å². The highest BCUT2D eigenvalue weighted by molar-refractivity contribution is 7.09. The van der Waals surface area contributed by atoms with Gasteiger partial charge in [0.15, 0.2) is 0 Å². The summed E-state index contributed by atoms with van der Waals surface area (Å²) in [5, 5.41) is 12.2. The van der Waals surface area contributed by atoms with Crippen LogP contribution >= 0.6 is 11.3 Å². The molecule has 15 heavy (non-hydrogen) atoms. The summed E-state index contributed by atoms with van der Waals surface area (Å²) in [4.78, 5) is 6.60. The van der Waals surface area contributed by atoms with Crippen LogP contribution in [-0.4, -0.2) is 34.2 Å². The van der Waals surface area contributed by atoms with Crippen LogP contribution in [0.4, 0.5) is 0 Å². The van der Waals surface area contributed by atoms with Gasteiger partial charge in [0, 0.05) is 24.2 Å². The minimum Gasteiger partial charge on any atom is -0.395 e. The molecule has 1 aromatic rings. The summed E-state index contributed by atoms with van der Waals surface area (Å²) in [7, 11) is 0. The lowest BCUT2D eigenvalue weighted by molar-refractivity contribution is 0.136. The molecule has 0 aromatic carbocycles. The Morgan fingerprint density at radius 1 is 1.47 bits per heavy atom. The predicted octanol–water partition coefficient (Wildman–Crippen LogP) is 2.13. The van der Waals surface area contributed by atoms with E-state index in [4.69, 9.17) is 5.11 Å². The van der Waals surface area contributed by atoms with Gasteiger partial charge >= 0.3 is 0 Å². The molecule has 0 fully saturated rings. The van der Waals surface area contributed by atoms with E-state index >= 15 is 0 Å². The first-order chi connectivity index (χ1) is 7.31. The van der Waals surface area contributed by atoms with Crippen LogP contribution in [-0.2, 0) is 6.54 Å². The number of hydrogen-bond acceptors (Lipinski definition) is 4. The van der Waals surface area contributed by atoms with Crippen molar-refractivity contribution >= 4 is 11.3 Å². The average Bonchev–Trinajstić information content (AvgIpc) is 2.72. The standard InChI is InChI=1S/C11H20N2OS/c1-3-10(4-2)13(6-7-14)9-11-12-5-8-15-11/h5,8,10,14H,3-4,6-7,9H2,1-2H3. The maximum absolute atomic E-state index is 9.05. The van der Waals surface area contributed by atoms with Crippen LogP contribution in [0.2, 0.25) is 0 Å². The Kier molecular flexibility index (Phi) is 5.83. The quantitative estimate of drug-likeness (QED) is 0.776. The normalized spacial score (nSPS) is 11.5. The number of hydrogen-bond donors (Lipinski definition) is 1. The molecule has 1 rings (SSSR count). The minimum absolute atomic E-state index is 0.224. The van der Waals surface area contributed by atoms with Crippen LogP contribution in [0.3, 0.4) is 0 Å². The maximum atomic E-state index is 9.05. The molecular formula is C11H20N2OS. The van der Waals surface area contributed by atoms with Crippen molar-refractivity contribution in [3.63, 3.8) is 0 Å². The second-order valence-corrected chi connectivity index (χ2v) is 4.57. The van der Waals surface area contributed by atoms with Crippen LogP contribution < -0.4 is 0 Å². The molecule has 0 atom stereocenters. The first-order valence-electron chi connectivity index (χ1n) is 5.55. The molecule has 0 bridgehead atoms. The highest BCUT2D eigenvalue weighted by atomic mass is 32.1. The molecule has 0 spiro atoms. The van der Waals surface area contributed by atoms with Crippen LogP contribution in [0.1, 0.15) is 31.7 Å². The molecule has 0 radical (unpaired) electrons. The van der Waals surface area contributed by atoms with E-state index in [0.717, 1.165) is 30.9 Å². The van der Waals surface area contributed by atoms with Gasteiger partial charge in [-0.2, -0.15) is 0 Å². The number of aromatic nitrogens is 1. The second kappa shape index (κ2) is 6.93. The van der Waals surface area contributed by atoms with Crippen LogP contribution in [0, 0.1) is 0 Å². The van der Waals surface area contributed by atoms with E-state index in [1.54, 1.807) is 11.3 Å². The number of nitrogens with zero attached hydrogens (tertiary/aromatic N) is 2. The Morgan fingerprint density at radius 2 is 2.20 bits per heavy atom. The fraction of sp³-hybridized carbons (Fsp3) is 0.727. The van der Waals surface area contributed by atoms with Gasteiger partial charge < -0.3 is 5.11 Å². The number of aliphatic hydroxyl groups is 1. The minimum atomic E-state index is 0.224. The highest BCUT2D eigenvalue weighted by Gasteiger charge is 2.15. The van der Waals surface area contributed by atoms with Gasteiger partial charge in [0.05, 0.1) is 13.2 Å². The molecule has 1 N–H and O–H groups in total. The fourth-order valence-electron chi connectivity index (χ4n) is 1.83. The Balaban J connectivity index is 2.56. The number of thiazole rings is 1. The molecule has 4 heteroatoms. The summed E-state index contributed by atoms with van der Waals surface area (Å²) in [5.74, 6) is 0. The van der Waals surface area contributed by atoms with E-state index in [1.165, 1.54) is 0 Å². The predicted molar refractivity (Wildman–Crippen MR) is 64.0 cm³/mol. The van der Waals surface area contributed by atoms with Crippen molar-refractivity contribution in [2.45, 2.75) is 39.3 Å². The van der Waals surface area contributed by atoms with E-state index in [9.17, 15) is 0 Å². The van der Waals surface area contributed by atoms with Crippen LogP contribution in [0.5, 0.6) is 0 Å². The molecule has 0 aliphatic rings. The van der Waals surface area contributed by atoms with E-state index in [-0.39, 0.29) is 6.61 Å². The van der Waals surface area contributed by atoms with Crippen LogP contribution in [0.25, 0.3) is 0 Å². The Bertz CT molecular complexity index is 247. The van der Waals surface area contributed by atoms with E-state index in [1.807, 2.05) is 11.6 Å². The van der Waals surface area contributed by atoms with Gasteiger partial charge in [-0.3, -0.25) is 4.90 Å². The fourth-order valence-corrected chi connectivity index (χ4v) is 2.47.